The van der Waals surface area contributed by atoms with E-state index >= 15 is 0 Å². The molecule has 0 saturated carbocycles. The zero-order valence-electron chi connectivity index (χ0n) is 13.3. The summed E-state index contributed by atoms with van der Waals surface area (Å²) in [7, 11) is 0. The predicted octanol–water partition coefficient (Wildman–Crippen LogP) is 2.11. The first-order valence-electron chi connectivity index (χ1n) is 7.87. The van der Waals surface area contributed by atoms with Crippen LogP contribution in [-0.4, -0.2) is 27.7 Å². The van der Waals surface area contributed by atoms with E-state index in [-0.39, 0.29) is 18.0 Å². The van der Waals surface area contributed by atoms with Gasteiger partial charge in [-0.3, -0.25) is 4.98 Å². The molecule has 0 amide bonds. The predicted molar refractivity (Wildman–Crippen MR) is 91.7 cm³/mol. The molecule has 1 atom stereocenters. The Balaban J connectivity index is 1.81. The van der Waals surface area contributed by atoms with Crippen LogP contribution < -0.4 is 16.7 Å². The van der Waals surface area contributed by atoms with Crippen molar-refractivity contribution < 1.29 is 4.74 Å². The summed E-state index contributed by atoms with van der Waals surface area (Å²) in [5, 5.41) is 3.69. The molecule has 8 heteroatoms. The van der Waals surface area contributed by atoms with Gasteiger partial charge in [0.25, 0.3) is 0 Å². The van der Waals surface area contributed by atoms with Crippen molar-refractivity contribution in [2.45, 2.75) is 31.8 Å². The van der Waals surface area contributed by atoms with Crippen molar-refractivity contribution in [2.24, 2.45) is 0 Å². The minimum absolute atomic E-state index is 0.135. The van der Waals surface area contributed by atoms with E-state index in [4.69, 9.17) is 16.3 Å². The number of rotatable bonds is 4. The van der Waals surface area contributed by atoms with Gasteiger partial charge in [0.1, 0.15) is 0 Å². The Hall–Kier alpha value is -2.12. The molecule has 0 aliphatic carbocycles. The number of hydrogen-bond acceptors (Lipinski definition) is 5. The molecule has 2 heterocycles. The number of hydrogen-bond donors (Lipinski definition) is 2. The molecule has 1 aromatic carbocycles. The number of benzene rings is 1. The van der Waals surface area contributed by atoms with Crippen molar-refractivity contribution in [1.82, 2.24) is 14.5 Å². The Bertz CT molecular complexity index is 778. The highest BCUT2D eigenvalue weighted by Gasteiger charge is 2.20. The summed E-state index contributed by atoms with van der Waals surface area (Å²) >= 11 is 5.88. The molecule has 1 aliphatic rings. The lowest BCUT2D eigenvalue weighted by molar-refractivity contribution is 0.0670. The van der Waals surface area contributed by atoms with E-state index in [9.17, 15) is 9.59 Å². The largest absolute Gasteiger partial charge is 0.381 e. The first-order valence-corrected chi connectivity index (χ1v) is 8.25. The van der Waals surface area contributed by atoms with Crippen LogP contribution in [0.4, 0.5) is 5.95 Å². The molecule has 7 nitrogen and oxygen atoms in total. The summed E-state index contributed by atoms with van der Waals surface area (Å²) in [6.07, 6.45) is 1.28. The van der Waals surface area contributed by atoms with Crippen LogP contribution in [0.3, 0.4) is 0 Å². The second kappa shape index (κ2) is 7.19. The molecule has 24 heavy (non-hydrogen) atoms. The molecule has 0 spiro atoms. The van der Waals surface area contributed by atoms with Crippen LogP contribution in [0.2, 0.25) is 5.02 Å². The van der Waals surface area contributed by atoms with E-state index in [2.05, 4.69) is 15.3 Å². The van der Waals surface area contributed by atoms with Gasteiger partial charge in [-0.1, -0.05) is 23.7 Å². The number of ether oxygens (including phenoxy) is 1. The van der Waals surface area contributed by atoms with Crippen molar-refractivity contribution in [3.63, 3.8) is 0 Å². The van der Waals surface area contributed by atoms with Crippen molar-refractivity contribution >= 4 is 17.5 Å². The molecule has 1 aliphatic heterocycles. The Morgan fingerprint density at radius 2 is 1.96 bits per heavy atom. The van der Waals surface area contributed by atoms with Crippen LogP contribution in [-0.2, 0) is 4.74 Å². The molecular formula is C16H19ClN4O3. The van der Waals surface area contributed by atoms with Crippen molar-refractivity contribution in [2.75, 3.05) is 18.5 Å². The van der Waals surface area contributed by atoms with Crippen LogP contribution in [0, 0.1) is 0 Å². The molecule has 1 saturated heterocycles. The van der Waals surface area contributed by atoms with Gasteiger partial charge in [0.05, 0.1) is 6.04 Å². The Labute approximate surface area is 143 Å². The Kier molecular flexibility index (Phi) is 5.01. The van der Waals surface area contributed by atoms with E-state index in [0.717, 1.165) is 5.56 Å². The van der Waals surface area contributed by atoms with Gasteiger partial charge in [-0.2, -0.15) is 4.98 Å². The van der Waals surface area contributed by atoms with E-state index in [1.165, 1.54) is 4.57 Å². The standard InChI is InChI=1S/C16H19ClN4O3/c1-10(11-2-4-12(17)5-3-11)18-14-19-15(22)21(16(23)20-14)13-6-8-24-9-7-13/h2-5,10,13H,6-9H2,1H3,(H2,18,19,20,22,23)/t10-/m0/s1. The van der Waals surface area contributed by atoms with Gasteiger partial charge in [0, 0.05) is 24.3 Å². The van der Waals surface area contributed by atoms with E-state index in [1.807, 2.05) is 19.1 Å². The second-order valence-electron chi connectivity index (χ2n) is 5.80. The average molecular weight is 351 g/mol. The van der Waals surface area contributed by atoms with E-state index < -0.39 is 11.4 Å². The molecule has 3 rings (SSSR count). The third-order valence-electron chi connectivity index (χ3n) is 4.14. The zero-order chi connectivity index (χ0) is 17.1. The number of aromatic nitrogens is 3. The zero-order valence-corrected chi connectivity index (χ0v) is 14.0. The van der Waals surface area contributed by atoms with Gasteiger partial charge < -0.3 is 10.1 Å². The van der Waals surface area contributed by atoms with E-state index in [0.29, 0.717) is 31.1 Å². The smallest absolute Gasteiger partial charge is 0.355 e. The highest BCUT2D eigenvalue weighted by Crippen LogP contribution is 2.19. The fourth-order valence-corrected chi connectivity index (χ4v) is 2.93. The molecule has 1 aromatic heterocycles. The number of nitrogens with zero attached hydrogens (tertiary/aromatic N) is 2. The van der Waals surface area contributed by atoms with Crippen LogP contribution in [0.15, 0.2) is 33.9 Å². The fourth-order valence-electron chi connectivity index (χ4n) is 2.80. The molecule has 1 fully saturated rings. The van der Waals surface area contributed by atoms with Gasteiger partial charge in [-0.25, -0.2) is 14.2 Å². The van der Waals surface area contributed by atoms with Crippen molar-refractivity contribution in [1.29, 1.82) is 0 Å². The summed E-state index contributed by atoms with van der Waals surface area (Å²) in [4.78, 5) is 31.2. The molecular weight excluding hydrogens is 332 g/mol. The summed E-state index contributed by atoms with van der Waals surface area (Å²) in [5.41, 5.74) is -0.0279. The maximum Gasteiger partial charge on any atom is 0.355 e. The first-order chi connectivity index (χ1) is 11.5. The number of aromatic amines is 1. The molecule has 2 aromatic rings. The Morgan fingerprint density at radius 1 is 1.29 bits per heavy atom. The third kappa shape index (κ3) is 3.68. The van der Waals surface area contributed by atoms with Gasteiger partial charge in [0.15, 0.2) is 0 Å². The lowest BCUT2D eigenvalue weighted by Crippen LogP contribution is -2.42. The maximum atomic E-state index is 12.3. The molecule has 0 unspecified atom stereocenters. The number of halogens is 1. The van der Waals surface area contributed by atoms with E-state index in [1.54, 1.807) is 12.1 Å². The van der Waals surface area contributed by atoms with Crippen LogP contribution in [0.1, 0.15) is 37.4 Å². The van der Waals surface area contributed by atoms with Crippen LogP contribution in [0.5, 0.6) is 0 Å². The summed E-state index contributed by atoms with van der Waals surface area (Å²) in [5.74, 6) is 0.163. The second-order valence-corrected chi connectivity index (χ2v) is 6.24. The van der Waals surface area contributed by atoms with Gasteiger partial charge in [-0.15, -0.1) is 0 Å². The lowest BCUT2D eigenvalue weighted by Gasteiger charge is -2.23. The van der Waals surface area contributed by atoms with Gasteiger partial charge in [0.2, 0.25) is 5.95 Å². The lowest BCUT2D eigenvalue weighted by atomic mass is 10.1. The Morgan fingerprint density at radius 3 is 2.58 bits per heavy atom. The monoisotopic (exact) mass is 350 g/mol. The van der Waals surface area contributed by atoms with Gasteiger partial charge in [-0.05, 0) is 37.5 Å². The first kappa shape index (κ1) is 16.7. The van der Waals surface area contributed by atoms with Crippen LogP contribution in [0.25, 0.3) is 0 Å². The summed E-state index contributed by atoms with van der Waals surface area (Å²) in [6.45, 7) is 3.00. The van der Waals surface area contributed by atoms with Crippen LogP contribution >= 0.6 is 11.6 Å². The quantitative estimate of drug-likeness (QED) is 0.881. The SMILES string of the molecule is C[C@H](Nc1nc(=O)n(C2CCOCC2)c(=O)[nH]1)c1ccc(Cl)cc1. The number of H-pyrrole nitrogens is 1. The number of nitrogens with one attached hydrogen (secondary N) is 2. The maximum absolute atomic E-state index is 12.3. The molecule has 0 bridgehead atoms. The minimum atomic E-state index is -0.545. The number of anilines is 1. The van der Waals surface area contributed by atoms with Crippen molar-refractivity contribution in [3.8, 4) is 0 Å². The fraction of sp³-hybridized carbons (Fsp3) is 0.438. The van der Waals surface area contributed by atoms with Crippen molar-refractivity contribution in [3.05, 3.63) is 55.8 Å². The highest BCUT2D eigenvalue weighted by molar-refractivity contribution is 6.30. The normalized spacial score (nSPS) is 16.8. The topological polar surface area (TPSA) is 89.0 Å². The molecule has 128 valence electrons. The molecule has 0 radical (unpaired) electrons. The summed E-state index contributed by atoms with van der Waals surface area (Å²) in [6, 6.07) is 7.03. The third-order valence-corrected chi connectivity index (χ3v) is 4.39. The molecule has 2 N–H and O–H groups in total. The summed E-state index contributed by atoms with van der Waals surface area (Å²) < 4.78 is 6.45. The van der Waals surface area contributed by atoms with Gasteiger partial charge >= 0.3 is 11.4 Å². The average Bonchev–Trinajstić information content (AvgIpc) is 2.55. The highest BCUT2D eigenvalue weighted by atomic mass is 35.5. The minimum Gasteiger partial charge on any atom is -0.381 e.